The number of methoxy groups -OCH3 is 1. The van der Waals surface area contributed by atoms with Crippen LogP contribution in [0.25, 0.3) is 10.9 Å². The fraction of sp³-hybridized carbons (Fsp3) is 0.211. The number of hydrogen-bond donors (Lipinski definition) is 1. The highest BCUT2D eigenvalue weighted by Crippen LogP contribution is 2.38. The summed E-state index contributed by atoms with van der Waals surface area (Å²) < 4.78 is 5.23. The second-order valence-corrected chi connectivity index (χ2v) is 6.41. The second-order valence-electron chi connectivity index (χ2n) is 5.98. The molecule has 0 radical (unpaired) electrons. The summed E-state index contributed by atoms with van der Waals surface area (Å²) in [5, 5.41) is 1.87. The van der Waals surface area contributed by atoms with E-state index in [4.69, 9.17) is 16.3 Å². The first-order valence-electron chi connectivity index (χ1n) is 7.86. The third-order valence-electron chi connectivity index (χ3n) is 4.69. The van der Waals surface area contributed by atoms with E-state index < -0.39 is 0 Å². The lowest BCUT2D eigenvalue weighted by atomic mass is 9.93. The van der Waals surface area contributed by atoms with Gasteiger partial charge in [0.15, 0.2) is 0 Å². The predicted molar refractivity (Wildman–Crippen MR) is 94.6 cm³/mol. The molecule has 0 bridgehead atoms. The SMILES string of the molecule is COc1ccc(C2c3[nH]c4ccc(Cl)cc4c3CCN2C=O)cc1. The summed E-state index contributed by atoms with van der Waals surface area (Å²) in [5.74, 6) is 0.802. The van der Waals surface area contributed by atoms with E-state index in [0.29, 0.717) is 6.54 Å². The Labute approximate surface area is 145 Å². The zero-order valence-corrected chi connectivity index (χ0v) is 14.0. The maximum absolute atomic E-state index is 11.6. The van der Waals surface area contributed by atoms with Crippen LogP contribution in [0.1, 0.15) is 22.9 Å². The molecular weight excluding hydrogens is 324 g/mol. The van der Waals surface area contributed by atoms with Crippen molar-refractivity contribution in [3.8, 4) is 5.75 Å². The normalized spacial score (nSPS) is 16.9. The van der Waals surface area contributed by atoms with Crippen molar-refractivity contribution >= 4 is 28.9 Å². The monoisotopic (exact) mass is 340 g/mol. The van der Waals surface area contributed by atoms with E-state index in [0.717, 1.165) is 45.8 Å². The van der Waals surface area contributed by atoms with E-state index in [-0.39, 0.29) is 6.04 Å². The van der Waals surface area contributed by atoms with Crippen molar-refractivity contribution in [3.63, 3.8) is 0 Å². The first-order valence-corrected chi connectivity index (χ1v) is 8.24. The zero-order valence-electron chi connectivity index (χ0n) is 13.3. The summed E-state index contributed by atoms with van der Waals surface area (Å²) in [6.45, 7) is 0.687. The number of aromatic nitrogens is 1. The summed E-state index contributed by atoms with van der Waals surface area (Å²) in [6, 6.07) is 13.6. The molecule has 1 unspecified atom stereocenters. The molecule has 0 aliphatic carbocycles. The Balaban J connectivity index is 1.88. The lowest BCUT2D eigenvalue weighted by Crippen LogP contribution is -2.34. The molecule has 2 heterocycles. The Hall–Kier alpha value is -2.46. The standard InChI is InChI=1S/C19H17ClN2O2/c1-24-14-5-2-12(3-6-14)19-18-15(8-9-22(19)11-23)16-10-13(20)4-7-17(16)21-18/h2-7,10-11,19,21H,8-9H2,1H3. The molecule has 1 aromatic heterocycles. The van der Waals surface area contributed by atoms with Crippen LogP contribution in [0.3, 0.4) is 0 Å². The number of H-pyrrole nitrogens is 1. The highest BCUT2D eigenvalue weighted by atomic mass is 35.5. The molecule has 5 heteroatoms. The lowest BCUT2D eigenvalue weighted by Gasteiger charge is -2.33. The van der Waals surface area contributed by atoms with Crippen LogP contribution in [0.2, 0.25) is 5.02 Å². The minimum atomic E-state index is -0.122. The third kappa shape index (κ3) is 2.34. The van der Waals surface area contributed by atoms with Crippen LogP contribution in [-0.4, -0.2) is 29.9 Å². The average molecular weight is 341 g/mol. The van der Waals surface area contributed by atoms with Gasteiger partial charge < -0.3 is 14.6 Å². The van der Waals surface area contributed by atoms with Crippen LogP contribution in [-0.2, 0) is 11.2 Å². The van der Waals surface area contributed by atoms with Crippen molar-refractivity contribution in [3.05, 3.63) is 64.3 Å². The van der Waals surface area contributed by atoms with Gasteiger partial charge in [0.1, 0.15) is 5.75 Å². The van der Waals surface area contributed by atoms with Gasteiger partial charge in [-0.3, -0.25) is 4.79 Å². The van der Waals surface area contributed by atoms with E-state index in [9.17, 15) is 4.79 Å². The molecule has 122 valence electrons. The quantitative estimate of drug-likeness (QED) is 0.734. The van der Waals surface area contributed by atoms with Crippen LogP contribution in [0, 0.1) is 0 Å². The van der Waals surface area contributed by atoms with Gasteiger partial charge in [0.25, 0.3) is 0 Å². The number of carbonyl (C=O) groups is 1. The van der Waals surface area contributed by atoms with Crippen LogP contribution < -0.4 is 4.74 Å². The number of ether oxygens (including phenoxy) is 1. The number of rotatable bonds is 3. The fourth-order valence-corrected chi connectivity index (χ4v) is 3.71. The summed E-state index contributed by atoms with van der Waals surface area (Å²) in [5.41, 5.74) is 4.42. The summed E-state index contributed by atoms with van der Waals surface area (Å²) in [7, 11) is 1.65. The molecule has 0 spiro atoms. The molecular formula is C19H17ClN2O2. The molecule has 1 aliphatic rings. The number of nitrogens with one attached hydrogen (secondary N) is 1. The number of amides is 1. The Morgan fingerprint density at radius 1 is 1.25 bits per heavy atom. The molecule has 24 heavy (non-hydrogen) atoms. The van der Waals surface area contributed by atoms with E-state index in [1.165, 1.54) is 5.56 Å². The summed E-state index contributed by atoms with van der Waals surface area (Å²) in [6.07, 6.45) is 1.75. The van der Waals surface area contributed by atoms with Gasteiger partial charge in [-0.05, 0) is 47.9 Å². The number of benzene rings is 2. The first kappa shape index (κ1) is 15.1. The Kier molecular flexibility index (Phi) is 3.69. The maximum atomic E-state index is 11.6. The van der Waals surface area contributed by atoms with Gasteiger partial charge in [0.2, 0.25) is 6.41 Å². The third-order valence-corrected chi connectivity index (χ3v) is 4.93. The summed E-state index contributed by atoms with van der Waals surface area (Å²) >= 11 is 6.17. The maximum Gasteiger partial charge on any atom is 0.210 e. The summed E-state index contributed by atoms with van der Waals surface area (Å²) in [4.78, 5) is 16.9. The van der Waals surface area contributed by atoms with E-state index >= 15 is 0 Å². The molecule has 0 saturated carbocycles. The number of carbonyl (C=O) groups excluding carboxylic acids is 1. The van der Waals surface area contributed by atoms with Crippen LogP contribution in [0.5, 0.6) is 5.75 Å². The van der Waals surface area contributed by atoms with Gasteiger partial charge in [-0.15, -0.1) is 0 Å². The fourth-order valence-electron chi connectivity index (χ4n) is 3.54. The van der Waals surface area contributed by atoms with Crippen molar-refractivity contribution < 1.29 is 9.53 Å². The average Bonchev–Trinajstić information content (AvgIpc) is 2.98. The van der Waals surface area contributed by atoms with E-state index in [1.54, 1.807) is 7.11 Å². The molecule has 1 N–H and O–H groups in total. The van der Waals surface area contributed by atoms with Crippen molar-refractivity contribution in [1.82, 2.24) is 9.88 Å². The Morgan fingerprint density at radius 3 is 2.75 bits per heavy atom. The molecule has 1 atom stereocenters. The van der Waals surface area contributed by atoms with Crippen LogP contribution in [0.4, 0.5) is 0 Å². The minimum absolute atomic E-state index is 0.122. The lowest BCUT2D eigenvalue weighted by molar-refractivity contribution is -0.120. The van der Waals surface area contributed by atoms with Crippen molar-refractivity contribution in [1.29, 1.82) is 0 Å². The molecule has 0 saturated heterocycles. The van der Waals surface area contributed by atoms with E-state index in [2.05, 4.69) is 4.98 Å². The Bertz CT molecular complexity index is 902. The number of aromatic amines is 1. The number of hydrogen-bond acceptors (Lipinski definition) is 2. The Morgan fingerprint density at radius 2 is 2.04 bits per heavy atom. The van der Waals surface area contributed by atoms with Gasteiger partial charge in [-0.25, -0.2) is 0 Å². The largest absolute Gasteiger partial charge is 0.497 e. The van der Waals surface area contributed by atoms with Crippen molar-refractivity contribution in [2.45, 2.75) is 12.5 Å². The number of fused-ring (bicyclic) bond motifs is 3. The number of halogens is 1. The van der Waals surface area contributed by atoms with Crippen LogP contribution in [0.15, 0.2) is 42.5 Å². The molecule has 1 amide bonds. The molecule has 2 aromatic carbocycles. The van der Waals surface area contributed by atoms with Gasteiger partial charge >= 0.3 is 0 Å². The van der Waals surface area contributed by atoms with Gasteiger partial charge in [-0.2, -0.15) is 0 Å². The molecule has 0 fully saturated rings. The van der Waals surface area contributed by atoms with Gasteiger partial charge in [0.05, 0.1) is 13.2 Å². The minimum Gasteiger partial charge on any atom is -0.497 e. The van der Waals surface area contributed by atoms with Crippen molar-refractivity contribution in [2.75, 3.05) is 13.7 Å². The van der Waals surface area contributed by atoms with Gasteiger partial charge in [-0.1, -0.05) is 23.7 Å². The topological polar surface area (TPSA) is 45.3 Å². The first-order chi connectivity index (χ1) is 11.7. The van der Waals surface area contributed by atoms with Crippen molar-refractivity contribution in [2.24, 2.45) is 0 Å². The second kappa shape index (κ2) is 5.87. The smallest absolute Gasteiger partial charge is 0.210 e. The number of nitrogens with zero attached hydrogens (tertiary/aromatic N) is 1. The van der Waals surface area contributed by atoms with Gasteiger partial charge in [0, 0.05) is 28.2 Å². The molecule has 4 nitrogen and oxygen atoms in total. The molecule has 4 rings (SSSR count). The zero-order chi connectivity index (χ0) is 16.7. The molecule has 3 aromatic rings. The highest BCUT2D eigenvalue weighted by molar-refractivity contribution is 6.31. The predicted octanol–water partition coefficient (Wildman–Crippen LogP) is 3.93. The van der Waals surface area contributed by atoms with E-state index in [1.807, 2.05) is 47.4 Å². The molecule has 1 aliphatic heterocycles. The highest BCUT2D eigenvalue weighted by Gasteiger charge is 2.30. The van der Waals surface area contributed by atoms with Crippen LogP contribution >= 0.6 is 11.6 Å².